The summed E-state index contributed by atoms with van der Waals surface area (Å²) < 4.78 is 39.9. The van der Waals surface area contributed by atoms with Crippen LogP contribution in [-0.2, 0) is 10.2 Å². The number of ether oxygens (including phenoxy) is 1. The van der Waals surface area contributed by atoms with Crippen LogP contribution in [0.1, 0.15) is 18.4 Å². The van der Waals surface area contributed by atoms with Gasteiger partial charge in [0, 0.05) is 11.8 Å². The van der Waals surface area contributed by atoms with E-state index in [4.69, 9.17) is 0 Å². The lowest BCUT2D eigenvalue weighted by Crippen LogP contribution is -2.18. The van der Waals surface area contributed by atoms with Gasteiger partial charge in [0.2, 0.25) is 5.91 Å². The van der Waals surface area contributed by atoms with Crippen molar-refractivity contribution in [3.8, 4) is 5.75 Å². The molecule has 3 nitrogen and oxygen atoms in total. The fourth-order valence-electron chi connectivity index (χ4n) is 2.23. The molecule has 1 spiro atoms. The lowest BCUT2D eigenvalue weighted by Gasteiger charge is -2.10. The first-order valence-electron chi connectivity index (χ1n) is 5.12. The van der Waals surface area contributed by atoms with Gasteiger partial charge in [0.1, 0.15) is 5.75 Å². The van der Waals surface area contributed by atoms with E-state index in [0.717, 1.165) is 18.4 Å². The summed E-state index contributed by atoms with van der Waals surface area (Å²) in [6.07, 6.45) is -3.20. The van der Waals surface area contributed by atoms with Crippen molar-refractivity contribution in [2.75, 3.05) is 5.32 Å². The van der Waals surface area contributed by atoms with Crippen LogP contribution in [0.25, 0.3) is 0 Å². The molecule has 1 saturated carbocycles. The van der Waals surface area contributed by atoms with E-state index >= 15 is 0 Å². The molecule has 1 amide bonds. The second-order valence-corrected chi connectivity index (χ2v) is 4.29. The third-order valence-corrected chi connectivity index (χ3v) is 3.17. The Hall–Kier alpha value is -1.72. The highest BCUT2D eigenvalue weighted by Crippen LogP contribution is 2.55. The molecule has 1 heterocycles. The highest BCUT2D eigenvalue weighted by molar-refractivity contribution is 6.08. The van der Waals surface area contributed by atoms with E-state index in [1.165, 1.54) is 18.2 Å². The number of carbonyl (C=O) groups is 1. The Morgan fingerprint density at radius 3 is 2.59 bits per heavy atom. The molecule has 0 radical (unpaired) electrons. The Balaban J connectivity index is 1.95. The minimum atomic E-state index is -4.71. The molecule has 1 aliphatic heterocycles. The Labute approximate surface area is 94.6 Å². The number of alkyl halides is 3. The molecule has 17 heavy (non-hydrogen) atoms. The zero-order valence-corrected chi connectivity index (χ0v) is 8.60. The van der Waals surface area contributed by atoms with Crippen LogP contribution >= 0.6 is 0 Å². The molecule has 0 unspecified atom stereocenters. The number of halogens is 3. The number of hydrogen-bond acceptors (Lipinski definition) is 2. The average Bonchev–Trinajstić information content (AvgIpc) is 2.91. The van der Waals surface area contributed by atoms with Crippen LogP contribution in [0.2, 0.25) is 0 Å². The van der Waals surface area contributed by atoms with E-state index in [0.29, 0.717) is 5.69 Å². The minimum Gasteiger partial charge on any atom is -0.406 e. The number of nitrogens with one attached hydrogen (secondary N) is 1. The molecule has 3 rings (SSSR count). The van der Waals surface area contributed by atoms with E-state index in [-0.39, 0.29) is 11.7 Å². The first-order chi connectivity index (χ1) is 7.91. The number of amides is 1. The number of fused-ring (bicyclic) bond motifs is 2. The van der Waals surface area contributed by atoms with Crippen molar-refractivity contribution >= 4 is 11.6 Å². The molecular formula is C11H8F3NO2. The monoisotopic (exact) mass is 243 g/mol. The molecule has 0 saturated heterocycles. The third-order valence-electron chi connectivity index (χ3n) is 3.17. The standard InChI is InChI=1S/C11H8F3NO2/c12-11(13,14)17-6-1-2-7-8(5-6)15-9(16)10(7)3-4-10/h1-2,5H,3-4H2,(H,15,16). The van der Waals surface area contributed by atoms with Crippen molar-refractivity contribution in [3.63, 3.8) is 0 Å². The Kier molecular flexibility index (Phi) is 1.80. The maximum absolute atomic E-state index is 12.0. The number of hydrogen-bond donors (Lipinski definition) is 1. The third kappa shape index (κ3) is 1.55. The van der Waals surface area contributed by atoms with Gasteiger partial charge < -0.3 is 10.1 Å². The fraction of sp³-hybridized carbons (Fsp3) is 0.364. The van der Waals surface area contributed by atoms with Crippen molar-refractivity contribution in [2.45, 2.75) is 24.6 Å². The van der Waals surface area contributed by atoms with Crippen LogP contribution < -0.4 is 10.1 Å². The van der Waals surface area contributed by atoms with Gasteiger partial charge in [0.15, 0.2) is 0 Å². The van der Waals surface area contributed by atoms with Crippen LogP contribution in [0.5, 0.6) is 5.75 Å². The zero-order valence-electron chi connectivity index (χ0n) is 8.60. The van der Waals surface area contributed by atoms with Gasteiger partial charge in [0.25, 0.3) is 0 Å². The molecule has 1 N–H and O–H groups in total. The minimum absolute atomic E-state index is 0.128. The lowest BCUT2D eigenvalue weighted by atomic mass is 9.98. The van der Waals surface area contributed by atoms with Crippen LogP contribution in [0.3, 0.4) is 0 Å². The lowest BCUT2D eigenvalue weighted by molar-refractivity contribution is -0.274. The summed E-state index contributed by atoms with van der Waals surface area (Å²) in [4.78, 5) is 11.6. The molecule has 0 atom stereocenters. The fourth-order valence-corrected chi connectivity index (χ4v) is 2.23. The van der Waals surface area contributed by atoms with Gasteiger partial charge >= 0.3 is 6.36 Å². The molecule has 0 bridgehead atoms. The molecule has 90 valence electrons. The number of carbonyl (C=O) groups excluding carboxylic acids is 1. The second kappa shape index (κ2) is 2.94. The van der Waals surface area contributed by atoms with Gasteiger partial charge in [-0.3, -0.25) is 4.79 Å². The normalized spacial score (nSPS) is 20.1. The molecule has 1 aromatic carbocycles. The summed E-state index contributed by atoms with van der Waals surface area (Å²) in [5, 5.41) is 2.59. The largest absolute Gasteiger partial charge is 0.573 e. The molecule has 6 heteroatoms. The highest BCUT2D eigenvalue weighted by atomic mass is 19.4. The van der Waals surface area contributed by atoms with Gasteiger partial charge in [-0.05, 0) is 24.5 Å². The topological polar surface area (TPSA) is 38.3 Å². The Morgan fingerprint density at radius 1 is 1.29 bits per heavy atom. The molecule has 1 fully saturated rings. The Morgan fingerprint density at radius 2 is 2.00 bits per heavy atom. The Bertz CT molecular complexity index is 506. The summed E-state index contributed by atoms with van der Waals surface area (Å²) in [6, 6.07) is 3.99. The maximum Gasteiger partial charge on any atom is 0.573 e. The van der Waals surface area contributed by atoms with E-state index in [1.807, 2.05) is 0 Å². The SMILES string of the molecule is O=C1Nc2cc(OC(F)(F)F)ccc2C12CC2. The summed E-state index contributed by atoms with van der Waals surface area (Å²) in [5.41, 5.74) is 0.720. The number of benzene rings is 1. The first-order valence-corrected chi connectivity index (χ1v) is 5.12. The van der Waals surface area contributed by atoms with Crippen molar-refractivity contribution in [3.05, 3.63) is 23.8 Å². The molecule has 1 aliphatic carbocycles. The van der Waals surface area contributed by atoms with Crippen molar-refractivity contribution in [2.24, 2.45) is 0 Å². The molecule has 0 aromatic heterocycles. The quantitative estimate of drug-likeness (QED) is 0.823. The van der Waals surface area contributed by atoms with Gasteiger partial charge in [-0.1, -0.05) is 6.07 Å². The average molecular weight is 243 g/mol. The van der Waals surface area contributed by atoms with Crippen LogP contribution in [0.4, 0.5) is 18.9 Å². The predicted octanol–water partition coefficient (Wildman–Crippen LogP) is 2.57. The zero-order chi connectivity index (χ0) is 12.3. The summed E-state index contributed by atoms with van der Waals surface area (Å²) in [6.45, 7) is 0. The smallest absolute Gasteiger partial charge is 0.406 e. The van der Waals surface area contributed by atoms with Crippen molar-refractivity contribution in [1.82, 2.24) is 0 Å². The summed E-state index contributed by atoms with van der Waals surface area (Å²) >= 11 is 0. The second-order valence-electron chi connectivity index (χ2n) is 4.29. The van der Waals surface area contributed by atoms with Crippen LogP contribution in [-0.4, -0.2) is 12.3 Å². The maximum atomic E-state index is 12.0. The predicted molar refractivity (Wildman–Crippen MR) is 52.7 cm³/mol. The van der Waals surface area contributed by atoms with Crippen LogP contribution in [0.15, 0.2) is 18.2 Å². The highest BCUT2D eigenvalue weighted by Gasteiger charge is 2.56. The molecule has 1 aromatic rings. The molecule has 2 aliphatic rings. The molecular weight excluding hydrogens is 235 g/mol. The number of rotatable bonds is 1. The van der Waals surface area contributed by atoms with E-state index in [2.05, 4.69) is 10.1 Å². The van der Waals surface area contributed by atoms with E-state index in [9.17, 15) is 18.0 Å². The van der Waals surface area contributed by atoms with Gasteiger partial charge in [-0.15, -0.1) is 13.2 Å². The van der Waals surface area contributed by atoms with Gasteiger partial charge in [-0.25, -0.2) is 0 Å². The number of anilines is 1. The van der Waals surface area contributed by atoms with Gasteiger partial charge in [0.05, 0.1) is 5.41 Å². The van der Waals surface area contributed by atoms with E-state index < -0.39 is 11.8 Å². The summed E-state index contributed by atoms with van der Waals surface area (Å²) in [5.74, 6) is -0.439. The van der Waals surface area contributed by atoms with Crippen molar-refractivity contribution < 1.29 is 22.7 Å². The van der Waals surface area contributed by atoms with Crippen molar-refractivity contribution in [1.29, 1.82) is 0 Å². The van der Waals surface area contributed by atoms with Crippen LogP contribution in [0, 0.1) is 0 Å². The van der Waals surface area contributed by atoms with E-state index in [1.54, 1.807) is 0 Å². The van der Waals surface area contributed by atoms with Gasteiger partial charge in [-0.2, -0.15) is 0 Å². The first kappa shape index (κ1) is 10.4. The summed E-state index contributed by atoms with van der Waals surface area (Å²) in [7, 11) is 0.